The molecule has 1 aromatic heterocycles. The molecule has 0 aromatic carbocycles. The zero-order valence-electron chi connectivity index (χ0n) is 13.7. The number of rotatable bonds is 8. The Morgan fingerprint density at radius 3 is 2.38 bits per heavy atom. The van der Waals surface area contributed by atoms with Crippen molar-refractivity contribution < 1.29 is 18.3 Å². The number of alkyl halides is 3. The molecule has 1 saturated heterocycles. The average molecular weight is 346 g/mol. The number of piperazine rings is 1. The fourth-order valence-electron chi connectivity index (χ4n) is 2.82. The van der Waals surface area contributed by atoms with Gasteiger partial charge >= 0.3 is 6.18 Å². The Bertz CT molecular complexity index is 490. The minimum absolute atomic E-state index is 0.0948. The van der Waals surface area contributed by atoms with E-state index in [1.165, 1.54) is 12.3 Å². The Morgan fingerprint density at radius 1 is 1.08 bits per heavy atom. The Kier molecular flexibility index (Phi) is 7.26. The van der Waals surface area contributed by atoms with E-state index in [0.717, 1.165) is 58.2 Å². The second kappa shape index (κ2) is 9.19. The summed E-state index contributed by atoms with van der Waals surface area (Å²) in [6, 6.07) is 2.34. The minimum atomic E-state index is -4.38. The summed E-state index contributed by atoms with van der Waals surface area (Å²) < 4.78 is 38.5. The molecule has 2 N–H and O–H groups in total. The lowest BCUT2D eigenvalue weighted by atomic mass is 10.2. The highest BCUT2D eigenvalue weighted by Gasteiger charge is 2.33. The van der Waals surface area contributed by atoms with E-state index in [1.807, 2.05) is 0 Å². The smallest absolute Gasteiger partial charge is 0.395 e. The number of pyridine rings is 1. The van der Waals surface area contributed by atoms with Gasteiger partial charge in [-0.15, -0.1) is 0 Å². The molecule has 0 bridgehead atoms. The molecule has 0 atom stereocenters. The van der Waals surface area contributed by atoms with E-state index in [9.17, 15) is 13.2 Å². The van der Waals surface area contributed by atoms with Crippen LogP contribution in [0, 0.1) is 0 Å². The van der Waals surface area contributed by atoms with E-state index in [-0.39, 0.29) is 12.4 Å². The number of aliphatic hydroxyl groups excluding tert-OH is 1. The fourth-order valence-corrected chi connectivity index (χ4v) is 2.82. The number of aromatic nitrogens is 1. The van der Waals surface area contributed by atoms with Gasteiger partial charge in [0.2, 0.25) is 0 Å². The van der Waals surface area contributed by atoms with Gasteiger partial charge in [0.25, 0.3) is 0 Å². The minimum Gasteiger partial charge on any atom is -0.395 e. The van der Waals surface area contributed by atoms with Gasteiger partial charge in [0.1, 0.15) is 5.82 Å². The molecule has 24 heavy (non-hydrogen) atoms. The van der Waals surface area contributed by atoms with Crippen LogP contribution in [0.2, 0.25) is 0 Å². The number of anilines is 1. The lowest BCUT2D eigenvalue weighted by Crippen LogP contribution is -2.47. The first-order chi connectivity index (χ1) is 11.5. The maximum absolute atomic E-state index is 12.8. The van der Waals surface area contributed by atoms with Gasteiger partial charge in [0.15, 0.2) is 0 Å². The van der Waals surface area contributed by atoms with E-state index >= 15 is 0 Å². The Labute approximate surface area is 140 Å². The van der Waals surface area contributed by atoms with E-state index in [2.05, 4.69) is 20.1 Å². The number of halogens is 3. The second-order valence-corrected chi connectivity index (χ2v) is 5.94. The maximum atomic E-state index is 12.8. The van der Waals surface area contributed by atoms with E-state index in [1.54, 1.807) is 0 Å². The van der Waals surface area contributed by atoms with E-state index < -0.39 is 11.7 Å². The van der Waals surface area contributed by atoms with Crippen molar-refractivity contribution in [3.8, 4) is 0 Å². The number of hydrogen-bond donors (Lipinski definition) is 2. The first-order valence-electron chi connectivity index (χ1n) is 8.32. The third-order valence-corrected chi connectivity index (χ3v) is 4.19. The predicted octanol–water partition coefficient (Wildman–Crippen LogP) is 1.90. The molecule has 1 aromatic rings. The summed E-state index contributed by atoms with van der Waals surface area (Å²) in [6.45, 7) is 6.22. The summed E-state index contributed by atoms with van der Waals surface area (Å²) in [5.74, 6) is -0.0948. The maximum Gasteiger partial charge on any atom is 0.419 e. The SMILES string of the molecule is OCCN1CCN(CCCCNc2ncccc2C(F)(F)F)CC1. The number of hydrogen-bond acceptors (Lipinski definition) is 5. The van der Waals surface area contributed by atoms with Gasteiger partial charge in [-0.05, 0) is 31.5 Å². The summed E-state index contributed by atoms with van der Waals surface area (Å²) in [7, 11) is 0. The first-order valence-corrected chi connectivity index (χ1v) is 8.32. The van der Waals surface area contributed by atoms with Gasteiger partial charge in [-0.2, -0.15) is 13.2 Å². The second-order valence-electron chi connectivity index (χ2n) is 5.94. The summed E-state index contributed by atoms with van der Waals surface area (Å²) in [5, 5.41) is 11.7. The predicted molar refractivity (Wildman–Crippen MR) is 86.9 cm³/mol. The molecule has 0 saturated carbocycles. The highest BCUT2D eigenvalue weighted by molar-refractivity contribution is 5.45. The van der Waals surface area contributed by atoms with Crippen LogP contribution in [0.3, 0.4) is 0 Å². The lowest BCUT2D eigenvalue weighted by molar-refractivity contribution is -0.137. The van der Waals surface area contributed by atoms with Crippen LogP contribution in [0.1, 0.15) is 18.4 Å². The molecule has 8 heteroatoms. The van der Waals surface area contributed by atoms with Gasteiger partial charge in [0, 0.05) is 45.5 Å². The molecule has 5 nitrogen and oxygen atoms in total. The number of unbranched alkanes of at least 4 members (excludes halogenated alkanes) is 1. The largest absolute Gasteiger partial charge is 0.419 e. The molecule has 0 aliphatic carbocycles. The van der Waals surface area contributed by atoms with Crippen molar-refractivity contribution in [2.24, 2.45) is 0 Å². The first kappa shape index (κ1) is 19.0. The van der Waals surface area contributed by atoms with Gasteiger partial charge in [-0.3, -0.25) is 4.90 Å². The molecule has 0 radical (unpaired) electrons. The lowest BCUT2D eigenvalue weighted by Gasteiger charge is -2.34. The van der Waals surface area contributed by atoms with Gasteiger partial charge in [0.05, 0.1) is 12.2 Å². The van der Waals surface area contributed by atoms with Crippen molar-refractivity contribution in [2.75, 3.05) is 57.7 Å². The van der Waals surface area contributed by atoms with Gasteiger partial charge in [-0.25, -0.2) is 4.98 Å². The van der Waals surface area contributed by atoms with Crippen LogP contribution in [-0.4, -0.2) is 72.3 Å². The summed E-state index contributed by atoms with van der Waals surface area (Å²) >= 11 is 0. The van der Waals surface area contributed by atoms with Crippen LogP contribution >= 0.6 is 0 Å². The monoisotopic (exact) mass is 346 g/mol. The quantitative estimate of drug-likeness (QED) is 0.704. The molecule has 2 rings (SSSR count). The van der Waals surface area contributed by atoms with Gasteiger partial charge < -0.3 is 15.3 Å². The van der Waals surface area contributed by atoms with Crippen molar-refractivity contribution in [3.63, 3.8) is 0 Å². The highest BCUT2D eigenvalue weighted by atomic mass is 19.4. The molecule has 0 amide bonds. The Hall–Kier alpha value is -1.38. The molecular weight excluding hydrogens is 321 g/mol. The molecule has 1 fully saturated rings. The molecule has 136 valence electrons. The van der Waals surface area contributed by atoms with Crippen molar-refractivity contribution >= 4 is 5.82 Å². The average Bonchev–Trinajstić information content (AvgIpc) is 2.56. The van der Waals surface area contributed by atoms with E-state index in [0.29, 0.717) is 6.54 Å². The third-order valence-electron chi connectivity index (χ3n) is 4.19. The Balaban J connectivity index is 1.64. The molecular formula is C16H25F3N4O. The van der Waals surface area contributed by atoms with Gasteiger partial charge in [-0.1, -0.05) is 0 Å². The summed E-state index contributed by atoms with van der Waals surface area (Å²) in [4.78, 5) is 8.38. The van der Waals surface area contributed by atoms with Crippen LogP contribution < -0.4 is 5.32 Å². The van der Waals surface area contributed by atoms with Crippen molar-refractivity contribution in [1.29, 1.82) is 0 Å². The Morgan fingerprint density at radius 2 is 1.75 bits per heavy atom. The van der Waals surface area contributed by atoms with Crippen LogP contribution in [0.5, 0.6) is 0 Å². The zero-order valence-corrected chi connectivity index (χ0v) is 13.7. The molecule has 1 aliphatic heterocycles. The number of aliphatic hydroxyl groups is 1. The molecule has 2 heterocycles. The van der Waals surface area contributed by atoms with Crippen LogP contribution in [0.15, 0.2) is 18.3 Å². The summed E-state index contributed by atoms with van der Waals surface area (Å²) in [6.07, 6.45) is -1.29. The van der Waals surface area contributed by atoms with Crippen LogP contribution in [0.4, 0.5) is 19.0 Å². The zero-order chi connectivity index (χ0) is 17.4. The topological polar surface area (TPSA) is 51.6 Å². The van der Waals surface area contributed by atoms with Crippen LogP contribution in [0.25, 0.3) is 0 Å². The third kappa shape index (κ3) is 5.92. The molecule has 0 unspecified atom stereocenters. The van der Waals surface area contributed by atoms with Crippen molar-refractivity contribution in [3.05, 3.63) is 23.9 Å². The van der Waals surface area contributed by atoms with E-state index in [4.69, 9.17) is 5.11 Å². The van der Waals surface area contributed by atoms with Crippen LogP contribution in [-0.2, 0) is 6.18 Å². The number of β-amino-alcohol motifs (C(OH)–C–C–N with tert-alkyl or cyclic N) is 1. The molecule has 1 aliphatic rings. The summed E-state index contributed by atoms with van der Waals surface area (Å²) in [5.41, 5.74) is -0.718. The fraction of sp³-hybridized carbons (Fsp3) is 0.688. The van der Waals surface area contributed by atoms with Crippen molar-refractivity contribution in [1.82, 2.24) is 14.8 Å². The highest BCUT2D eigenvalue weighted by Crippen LogP contribution is 2.33. The normalized spacial score (nSPS) is 17.2. The standard InChI is InChI=1S/C16H25F3N4O/c17-16(18,19)14-4-3-6-21-15(14)20-5-1-2-7-22-8-10-23(11-9-22)12-13-24/h3-4,6,24H,1-2,5,7-13H2,(H,20,21). The van der Waals surface area contributed by atoms with Crippen molar-refractivity contribution in [2.45, 2.75) is 19.0 Å². The number of nitrogens with one attached hydrogen (secondary N) is 1. The molecule has 0 spiro atoms. The number of nitrogens with zero attached hydrogens (tertiary/aromatic N) is 3.